The van der Waals surface area contributed by atoms with Crippen molar-refractivity contribution in [3.63, 3.8) is 0 Å². The third kappa shape index (κ3) is 6.52. The van der Waals surface area contributed by atoms with Gasteiger partial charge in [-0.05, 0) is 18.2 Å². The van der Waals surface area contributed by atoms with Gasteiger partial charge in [0.25, 0.3) is 0 Å². The molecule has 19 nitrogen and oxygen atoms in total. The molecule has 2 aromatic heterocycles. The lowest BCUT2D eigenvalue weighted by atomic mass is 9.88. The van der Waals surface area contributed by atoms with Crippen molar-refractivity contribution < 1.29 is 67.1 Å². The number of nitrogen functional groups attached to an aromatic ring is 1. The fourth-order valence-electron chi connectivity index (χ4n) is 4.57. The van der Waals surface area contributed by atoms with E-state index in [1.54, 1.807) is 6.92 Å². The molecule has 11 N–H and O–H groups in total. The van der Waals surface area contributed by atoms with Crippen LogP contribution in [0.1, 0.15) is 19.6 Å². The van der Waals surface area contributed by atoms with E-state index < -0.39 is 88.6 Å². The predicted molar refractivity (Wildman–Crippen MR) is 140 cm³/mol. The van der Waals surface area contributed by atoms with E-state index in [1.807, 2.05) is 0 Å². The summed E-state index contributed by atoms with van der Waals surface area (Å²) in [5.74, 6) is 0.0929. The van der Waals surface area contributed by atoms with Crippen molar-refractivity contribution in [3.05, 3.63) is 12.7 Å². The standard InChI is InChI=1S/C19H31FN6O13P2S/c1-2-19(22)14(31)8(36-18(19)26-6-25-9-15(21)23-5-24-16(9)26)4-35-41(34,42)39-40(32,33)38-17-12(30)10(28)11(29)13(37-17)7(20)3-27/h5-8,10-14,17-18,27-31H,2-4,22H2,1H3,(H,32,33)(H,34,42)(H2,21,23,24)/t7-,8+,10?,11?,12?,13?,14+,17?,18+,19+,41?/m0/s1. The third-order valence-corrected chi connectivity index (χ3v) is 10.4. The zero-order chi connectivity index (χ0) is 31.2. The number of halogens is 1. The van der Waals surface area contributed by atoms with Crippen molar-refractivity contribution >= 4 is 43.3 Å². The van der Waals surface area contributed by atoms with Gasteiger partial charge in [-0.25, -0.2) is 28.2 Å². The highest BCUT2D eigenvalue weighted by Gasteiger charge is 2.55. The molecule has 2 aliphatic heterocycles. The highest BCUT2D eigenvalue weighted by Crippen LogP contribution is 2.62. The number of rotatable bonds is 11. The van der Waals surface area contributed by atoms with Crippen molar-refractivity contribution in [2.24, 2.45) is 5.73 Å². The Morgan fingerprint density at radius 2 is 1.88 bits per heavy atom. The lowest BCUT2D eigenvalue weighted by Crippen LogP contribution is -2.60. The van der Waals surface area contributed by atoms with Gasteiger partial charge in [0, 0.05) is 0 Å². The second-order valence-corrected chi connectivity index (χ2v) is 14.0. The summed E-state index contributed by atoms with van der Waals surface area (Å²) >= 11 is 4.77. The van der Waals surface area contributed by atoms with Crippen molar-refractivity contribution in [2.75, 3.05) is 18.9 Å². The molecule has 2 fully saturated rings. The number of phosphoric acid groups is 1. The summed E-state index contributed by atoms with van der Waals surface area (Å²) in [6, 6.07) is 0. The van der Waals surface area contributed by atoms with E-state index in [2.05, 4.69) is 23.8 Å². The summed E-state index contributed by atoms with van der Waals surface area (Å²) in [5.41, 5.74) is 11.4. The molecule has 0 aliphatic carbocycles. The SMILES string of the molecule is CC[C@@]1(N)[C@H](O)[C@@H](COP(O)(=S)OP(=O)(O)OC2OC([C@@H](F)CO)C(O)C(O)C2O)O[C@H]1n1cnc2c(N)ncnc21. The zero-order valence-corrected chi connectivity index (χ0v) is 24.3. The van der Waals surface area contributed by atoms with Gasteiger partial charge in [-0.2, -0.15) is 0 Å². The summed E-state index contributed by atoms with van der Waals surface area (Å²) in [5, 5.41) is 49.8. The normalized spacial score (nSPS) is 37.4. The van der Waals surface area contributed by atoms with E-state index in [-0.39, 0.29) is 23.4 Å². The molecule has 23 heteroatoms. The molecule has 0 aromatic carbocycles. The van der Waals surface area contributed by atoms with Crippen LogP contribution >= 0.6 is 14.5 Å². The number of aliphatic hydroxyl groups excluding tert-OH is 5. The molecule has 2 saturated heterocycles. The number of hydrogen-bond donors (Lipinski definition) is 9. The molecule has 238 valence electrons. The largest absolute Gasteiger partial charge is 0.481 e. The van der Waals surface area contributed by atoms with E-state index in [0.717, 1.165) is 0 Å². The van der Waals surface area contributed by atoms with Gasteiger partial charge < -0.3 is 60.8 Å². The van der Waals surface area contributed by atoms with Crippen LogP contribution in [0, 0.1) is 0 Å². The number of phosphoric ester groups is 1. The Bertz CT molecular complexity index is 1360. The molecule has 4 heterocycles. The fourth-order valence-corrected chi connectivity index (χ4v) is 7.67. The van der Waals surface area contributed by atoms with Crippen molar-refractivity contribution in [1.29, 1.82) is 0 Å². The first-order valence-corrected chi connectivity index (χ1v) is 16.3. The Morgan fingerprint density at radius 1 is 1.19 bits per heavy atom. The van der Waals surface area contributed by atoms with Crippen molar-refractivity contribution in [2.45, 2.75) is 74.2 Å². The lowest BCUT2D eigenvalue weighted by Gasteiger charge is -2.41. The van der Waals surface area contributed by atoms with E-state index >= 15 is 0 Å². The number of hydrogen-bond acceptors (Lipinski definition) is 17. The van der Waals surface area contributed by atoms with Crippen LogP contribution < -0.4 is 11.5 Å². The lowest BCUT2D eigenvalue weighted by molar-refractivity contribution is -0.287. The molecule has 42 heavy (non-hydrogen) atoms. The Kier molecular flexibility index (Phi) is 10.0. The van der Waals surface area contributed by atoms with Crippen LogP contribution in [0.5, 0.6) is 0 Å². The zero-order valence-electron chi connectivity index (χ0n) is 21.7. The second-order valence-electron chi connectivity index (χ2n) is 9.58. The number of fused-ring (bicyclic) bond motifs is 1. The van der Waals surface area contributed by atoms with Gasteiger partial charge in [-0.3, -0.25) is 9.09 Å². The van der Waals surface area contributed by atoms with Gasteiger partial charge >= 0.3 is 14.5 Å². The molecule has 0 radical (unpaired) electrons. The molecule has 4 rings (SSSR count). The highest BCUT2D eigenvalue weighted by molar-refractivity contribution is 8.08. The minimum atomic E-state index is -5.48. The summed E-state index contributed by atoms with van der Waals surface area (Å²) in [6.45, 7) is -4.87. The van der Waals surface area contributed by atoms with Gasteiger partial charge in [0.2, 0.25) is 0 Å². The Balaban J connectivity index is 1.43. The van der Waals surface area contributed by atoms with E-state index in [0.29, 0.717) is 0 Å². The molecule has 0 bridgehead atoms. The average molecular weight is 664 g/mol. The summed E-state index contributed by atoms with van der Waals surface area (Å²) in [4.78, 5) is 32.7. The smallest absolute Gasteiger partial charge is 0.393 e. The van der Waals surface area contributed by atoms with Gasteiger partial charge in [-0.15, -0.1) is 0 Å². The summed E-state index contributed by atoms with van der Waals surface area (Å²) in [6.07, 6.45) is -13.9. The number of alkyl halides is 1. The van der Waals surface area contributed by atoms with Crippen LogP contribution in [-0.2, 0) is 39.2 Å². The van der Waals surface area contributed by atoms with Crippen molar-refractivity contribution in [1.82, 2.24) is 19.5 Å². The minimum absolute atomic E-state index is 0.0929. The molecule has 2 aliphatic rings. The number of anilines is 1. The van der Waals surface area contributed by atoms with Crippen LogP contribution in [0.4, 0.5) is 10.2 Å². The molecule has 0 spiro atoms. The highest BCUT2D eigenvalue weighted by atomic mass is 32.5. The number of nitrogens with two attached hydrogens (primary N) is 2. The van der Waals surface area contributed by atoms with Gasteiger partial charge in [-0.1, -0.05) is 6.92 Å². The maximum atomic E-state index is 13.9. The quantitative estimate of drug-likeness (QED) is 0.110. The Morgan fingerprint density at radius 3 is 2.52 bits per heavy atom. The van der Waals surface area contributed by atoms with Crippen LogP contribution in [0.3, 0.4) is 0 Å². The monoisotopic (exact) mass is 664 g/mol. The topological polar surface area (TPSA) is 300 Å². The van der Waals surface area contributed by atoms with Gasteiger partial charge in [0.1, 0.15) is 48.5 Å². The van der Waals surface area contributed by atoms with Crippen LogP contribution in [-0.4, -0.2) is 123 Å². The maximum absolute atomic E-state index is 13.9. The van der Waals surface area contributed by atoms with E-state index in [4.69, 9.17) is 42.4 Å². The summed E-state index contributed by atoms with van der Waals surface area (Å²) in [7, 11) is -5.48. The van der Waals surface area contributed by atoms with Crippen LogP contribution in [0.2, 0.25) is 0 Å². The molecule has 12 atom stereocenters. The average Bonchev–Trinajstić information content (AvgIpc) is 3.46. The van der Waals surface area contributed by atoms with E-state index in [1.165, 1.54) is 17.2 Å². The Labute approximate surface area is 241 Å². The van der Waals surface area contributed by atoms with Crippen molar-refractivity contribution in [3.8, 4) is 0 Å². The molecule has 0 saturated carbocycles. The first-order valence-electron chi connectivity index (χ1n) is 12.2. The maximum Gasteiger partial charge on any atom is 0.481 e. The third-order valence-electron chi connectivity index (χ3n) is 6.90. The molecular weight excluding hydrogens is 633 g/mol. The molecule has 7 unspecified atom stereocenters. The predicted octanol–water partition coefficient (Wildman–Crippen LogP) is -2.72. The minimum Gasteiger partial charge on any atom is -0.393 e. The fraction of sp³-hybridized carbons (Fsp3) is 0.737. The number of aromatic nitrogens is 4. The number of nitrogens with zero attached hydrogens (tertiary/aromatic N) is 4. The van der Waals surface area contributed by atoms with Gasteiger partial charge in [0.15, 0.2) is 30.2 Å². The number of imidazole rings is 1. The number of aliphatic hydroxyl groups is 5. The molecule has 2 aromatic rings. The summed E-state index contributed by atoms with van der Waals surface area (Å²) < 4.78 is 53.0. The molecule has 0 amide bonds. The number of ether oxygens (including phenoxy) is 2. The second kappa shape index (κ2) is 12.6. The van der Waals surface area contributed by atoms with Crippen LogP contribution in [0.15, 0.2) is 12.7 Å². The van der Waals surface area contributed by atoms with Gasteiger partial charge in [0.05, 0.1) is 25.1 Å². The van der Waals surface area contributed by atoms with E-state index in [9.17, 15) is 39.2 Å². The first kappa shape index (κ1) is 33.5. The van der Waals surface area contributed by atoms with Crippen LogP contribution in [0.25, 0.3) is 11.2 Å². The molecular formula is C19H31FN6O13P2S. The first-order chi connectivity index (χ1) is 19.5. The Hall–Kier alpha value is -1.36.